The minimum Gasteiger partial charge on any atom is -0.499 e. The van der Waals surface area contributed by atoms with Crippen molar-refractivity contribution >= 4 is 40.1 Å². The lowest BCUT2D eigenvalue weighted by Gasteiger charge is -2.34. The number of methoxy groups -OCH3 is 1. The van der Waals surface area contributed by atoms with Crippen LogP contribution in [0.15, 0.2) is 79.0 Å². The Labute approximate surface area is 296 Å². The molecular weight excluding hydrogens is 632 g/mol. The number of carbonyl (C=O) groups excluding carboxylic acids is 1. The molecule has 8 heteroatoms. The Morgan fingerprint density at radius 3 is 2.31 bits per heavy atom. The van der Waals surface area contributed by atoms with Crippen molar-refractivity contribution in [3.05, 3.63) is 111 Å². The third kappa shape index (κ3) is 9.78. The molecule has 7 nitrogen and oxygen atoms in total. The molecule has 1 aromatic heterocycles. The van der Waals surface area contributed by atoms with Crippen molar-refractivity contribution in [2.75, 3.05) is 53.0 Å². The normalized spacial score (nSPS) is 14.8. The van der Waals surface area contributed by atoms with Gasteiger partial charge in [-0.15, -0.1) is 0 Å². The highest BCUT2D eigenvalue weighted by Gasteiger charge is 2.17. The van der Waals surface area contributed by atoms with E-state index in [-0.39, 0.29) is 5.91 Å². The molecule has 4 aromatic rings. The predicted molar refractivity (Wildman–Crippen MR) is 202 cm³/mol. The summed E-state index contributed by atoms with van der Waals surface area (Å²) in [5.74, 6) is 1.99. The maximum atomic E-state index is 10.7. The van der Waals surface area contributed by atoms with Gasteiger partial charge in [-0.05, 0) is 55.1 Å². The number of piperazine rings is 1. The van der Waals surface area contributed by atoms with Crippen LogP contribution in [0.2, 0.25) is 5.02 Å². The Balaban J connectivity index is 0.000000304. The predicted octanol–water partition coefficient (Wildman–Crippen LogP) is 6.07. The van der Waals surface area contributed by atoms with Gasteiger partial charge in [-0.2, -0.15) is 0 Å². The Bertz CT molecular complexity index is 1860. The summed E-state index contributed by atoms with van der Waals surface area (Å²) < 4.78 is 14.3. The standard InChI is InChI=1S/C30H36ClN3O2.C11H15NO/c1-23-22-34(30-24(23)8-5-6-11-29(30)35-2)15-7-14-32-16-18-33(19-17-32)20-21-36-28-13-12-27(31)25-9-3-4-10-26(25)28;1-3-10-6-4-5-7-11(10)8-12-9(2)13/h3-6,8-10,12-13,22H,7,11,14-21H2,1-2H3;4-7H,3,8H2,1-2H3,(H,12,13). The molecule has 0 atom stereocenters. The van der Waals surface area contributed by atoms with E-state index in [4.69, 9.17) is 21.1 Å². The van der Waals surface area contributed by atoms with Gasteiger partial charge in [-0.25, -0.2) is 0 Å². The summed E-state index contributed by atoms with van der Waals surface area (Å²) in [6, 6.07) is 20.2. The number of allylic oxidation sites excluding steroid dienone is 1. The number of hydrogen-bond donors (Lipinski definition) is 1. The van der Waals surface area contributed by atoms with Gasteiger partial charge in [0.1, 0.15) is 18.1 Å². The zero-order valence-electron chi connectivity index (χ0n) is 29.5. The maximum Gasteiger partial charge on any atom is 0.217 e. The Hall–Kier alpha value is -4.04. The van der Waals surface area contributed by atoms with Crippen molar-refractivity contribution in [2.24, 2.45) is 0 Å². The highest BCUT2D eigenvalue weighted by Crippen LogP contribution is 2.31. The lowest BCUT2D eigenvalue weighted by atomic mass is 10.1. The fourth-order valence-corrected chi connectivity index (χ4v) is 6.89. The van der Waals surface area contributed by atoms with E-state index in [0.717, 1.165) is 92.4 Å². The molecule has 1 fully saturated rings. The fraction of sp³-hybridized carbons (Fsp3) is 0.390. The summed E-state index contributed by atoms with van der Waals surface area (Å²) in [4.78, 5) is 15.8. The first-order valence-electron chi connectivity index (χ1n) is 17.5. The second-order valence-electron chi connectivity index (χ2n) is 12.7. The minimum atomic E-state index is 0.0194. The molecular formula is C41H51ClN4O3. The summed E-state index contributed by atoms with van der Waals surface area (Å²) in [5.41, 5.74) is 3.82. The van der Waals surface area contributed by atoms with E-state index in [2.05, 4.69) is 76.2 Å². The fourth-order valence-electron chi connectivity index (χ4n) is 6.66. The molecule has 2 aliphatic rings. The van der Waals surface area contributed by atoms with Crippen LogP contribution in [0.4, 0.5) is 0 Å². The number of benzene rings is 3. The van der Waals surface area contributed by atoms with E-state index in [9.17, 15) is 4.79 Å². The Kier molecular flexibility index (Phi) is 13.4. The average Bonchev–Trinajstić information content (AvgIpc) is 3.28. The van der Waals surface area contributed by atoms with Crippen molar-refractivity contribution in [2.45, 2.75) is 53.1 Å². The van der Waals surface area contributed by atoms with Gasteiger partial charge < -0.3 is 24.3 Å². The molecule has 1 amide bonds. The summed E-state index contributed by atoms with van der Waals surface area (Å²) in [6.07, 6.45) is 11.8. The summed E-state index contributed by atoms with van der Waals surface area (Å²) in [5, 5.41) is 8.23. The number of carbonyl (C=O) groups is 1. The Morgan fingerprint density at radius 1 is 0.898 bits per heavy atom. The van der Waals surface area contributed by atoms with Crippen LogP contribution in [-0.2, 0) is 29.0 Å². The molecule has 1 aliphatic heterocycles. The lowest BCUT2D eigenvalue weighted by Crippen LogP contribution is -2.47. The monoisotopic (exact) mass is 682 g/mol. The molecule has 6 rings (SSSR count). The highest BCUT2D eigenvalue weighted by molar-refractivity contribution is 6.35. The SMILES string of the molecule is CCc1ccccc1CNC(C)=O.COC1=c2c(c(C)cn2CCCN2CCN(CCOc3ccc(Cl)c4ccccc34)CC2)=CC=CC1. The van der Waals surface area contributed by atoms with E-state index in [1.807, 2.05) is 42.5 Å². The third-order valence-corrected chi connectivity index (χ3v) is 9.72. The number of aryl methyl sites for hydroxylation is 3. The van der Waals surface area contributed by atoms with Crippen LogP contribution in [0, 0.1) is 6.92 Å². The second-order valence-corrected chi connectivity index (χ2v) is 13.1. The molecule has 2 heterocycles. The summed E-state index contributed by atoms with van der Waals surface area (Å²) >= 11 is 6.34. The number of ether oxygens (including phenoxy) is 2. The first kappa shape index (κ1) is 36.2. The molecule has 0 bridgehead atoms. The molecule has 0 unspecified atom stereocenters. The van der Waals surface area contributed by atoms with Gasteiger partial charge in [-0.3, -0.25) is 9.69 Å². The van der Waals surface area contributed by atoms with E-state index in [1.54, 1.807) is 7.11 Å². The number of nitrogens with one attached hydrogen (secondary N) is 1. The van der Waals surface area contributed by atoms with Gasteiger partial charge in [0.05, 0.1) is 12.5 Å². The summed E-state index contributed by atoms with van der Waals surface area (Å²) in [6.45, 7) is 14.7. The lowest BCUT2D eigenvalue weighted by molar-refractivity contribution is -0.119. The molecule has 1 aliphatic carbocycles. The van der Waals surface area contributed by atoms with Crippen molar-refractivity contribution in [3.8, 4) is 5.75 Å². The van der Waals surface area contributed by atoms with Gasteiger partial charge in [0, 0.05) is 86.4 Å². The van der Waals surface area contributed by atoms with Crippen LogP contribution in [0.1, 0.15) is 43.4 Å². The van der Waals surface area contributed by atoms with E-state index < -0.39 is 0 Å². The molecule has 1 N–H and O–H groups in total. The van der Waals surface area contributed by atoms with Gasteiger partial charge in [0.2, 0.25) is 5.91 Å². The van der Waals surface area contributed by atoms with Crippen LogP contribution < -0.4 is 20.6 Å². The first-order chi connectivity index (χ1) is 23.9. The molecule has 3 aromatic carbocycles. The van der Waals surface area contributed by atoms with Crippen molar-refractivity contribution in [3.63, 3.8) is 0 Å². The first-order valence-corrected chi connectivity index (χ1v) is 17.9. The quantitative estimate of drug-likeness (QED) is 0.197. The number of hydrogen-bond acceptors (Lipinski definition) is 5. The van der Waals surface area contributed by atoms with Gasteiger partial charge in [0.15, 0.2) is 0 Å². The zero-order chi connectivity index (χ0) is 34.6. The van der Waals surface area contributed by atoms with Crippen LogP contribution in [0.3, 0.4) is 0 Å². The van der Waals surface area contributed by atoms with Crippen molar-refractivity contribution < 1.29 is 14.3 Å². The number of nitrogens with zero attached hydrogens (tertiary/aromatic N) is 3. The average molecular weight is 683 g/mol. The number of amides is 1. The van der Waals surface area contributed by atoms with Crippen LogP contribution in [0.25, 0.3) is 22.6 Å². The van der Waals surface area contributed by atoms with Gasteiger partial charge in [0.25, 0.3) is 0 Å². The number of aromatic nitrogens is 1. The topological polar surface area (TPSA) is 59.0 Å². The number of fused-ring (bicyclic) bond motifs is 2. The maximum absolute atomic E-state index is 10.7. The molecule has 260 valence electrons. The largest absolute Gasteiger partial charge is 0.499 e. The molecule has 0 saturated carbocycles. The molecule has 49 heavy (non-hydrogen) atoms. The summed E-state index contributed by atoms with van der Waals surface area (Å²) in [7, 11) is 1.78. The van der Waals surface area contributed by atoms with E-state index in [0.29, 0.717) is 13.2 Å². The molecule has 1 saturated heterocycles. The van der Waals surface area contributed by atoms with E-state index in [1.165, 1.54) is 34.2 Å². The smallest absolute Gasteiger partial charge is 0.217 e. The molecule has 0 radical (unpaired) electrons. The molecule has 0 spiro atoms. The van der Waals surface area contributed by atoms with Gasteiger partial charge >= 0.3 is 0 Å². The number of halogens is 1. The third-order valence-electron chi connectivity index (χ3n) is 9.39. The van der Waals surface area contributed by atoms with E-state index >= 15 is 0 Å². The number of rotatable bonds is 12. The van der Waals surface area contributed by atoms with Gasteiger partial charge in [-0.1, -0.05) is 85.3 Å². The van der Waals surface area contributed by atoms with Crippen LogP contribution >= 0.6 is 11.6 Å². The van der Waals surface area contributed by atoms with Crippen molar-refractivity contribution in [1.82, 2.24) is 19.7 Å². The van der Waals surface area contributed by atoms with Crippen molar-refractivity contribution in [1.29, 1.82) is 0 Å². The second kappa shape index (κ2) is 18.1. The Morgan fingerprint density at radius 2 is 1.59 bits per heavy atom. The highest BCUT2D eigenvalue weighted by atomic mass is 35.5. The minimum absolute atomic E-state index is 0.0194. The van der Waals surface area contributed by atoms with Crippen LogP contribution in [0.5, 0.6) is 5.75 Å². The zero-order valence-corrected chi connectivity index (χ0v) is 30.3. The van der Waals surface area contributed by atoms with Crippen LogP contribution in [-0.4, -0.2) is 73.3 Å².